The number of aromatic nitrogens is 2. The quantitative estimate of drug-likeness (QED) is 0.151. The van der Waals surface area contributed by atoms with Crippen LogP contribution in [0.25, 0.3) is 33.5 Å². The maximum Gasteiger partial charge on any atom is 0.311 e. The topological polar surface area (TPSA) is 152 Å². The predicted molar refractivity (Wildman–Crippen MR) is 157 cm³/mol. The molecule has 1 amide bonds. The van der Waals surface area contributed by atoms with Crippen molar-refractivity contribution in [3.63, 3.8) is 0 Å². The van der Waals surface area contributed by atoms with E-state index in [2.05, 4.69) is 10.1 Å². The van der Waals surface area contributed by atoms with Crippen molar-refractivity contribution in [1.29, 1.82) is 0 Å². The lowest BCUT2D eigenvalue weighted by molar-refractivity contribution is -0.385. The zero-order chi connectivity index (χ0) is 29.9. The normalized spacial score (nSPS) is 13.6. The molecule has 0 aliphatic carbocycles. The molecule has 2 aromatic heterocycles. The van der Waals surface area contributed by atoms with Crippen LogP contribution in [0.1, 0.15) is 5.56 Å². The van der Waals surface area contributed by atoms with Gasteiger partial charge in [0.2, 0.25) is 11.6 Å². The first-order valence-electron chi connectivity index (χ1n) is 13.3. The minimum Gasteiger partial charge on any atom is -0.496 e. The predicted octanol–water partition coefficient (Wildman–Crippen LogP) is 3.85. The molecule has 0 radical (unpaired) electrons. The van der Waals surface area contributed by atoms with Crippen LogP contribution < -0.4 is 15.0 Å². The number of nitro groups is 1. The van der Waals surface area contributed by atoms with Gasteiger partial charge in [-0.05, 0) is 36.4 Å². The second-order valence-corrected chi connectivity index (χ2v) is 9.53. The summed E-state index contributed by atoms with van der Waals surface area (Å²) < 4.78 is 23.5. The van der Waals surface area contributed by atoms with Crippen molar-refractivity contribution in [2.75, 3.05) is 40.0 Å². The van der Waals surface area contributed by atoms with E-state index in [-0.39, 0.29) is 34.5 Å². The highest BCUT2D eigenvalue weighted by atomic mass is 16.6. The minimum atomic E-state index is -0.608. The Labute approximate surface area is 243 Å². The fourth-order valence-corrected chi connectivity index (χ4v) is 4.82. The molecule has 13 nitrogen and oxygen atoms in total. The fourth-order valence-electron chi connectivity index (χ4n) is 4.82. The summed E-state index contributed by atoms with van der Waals surface area (Å²) in [6.45, 7) is 1.20. The Hall–Kier alpha value is -5.56. The van der Waals surface area contributed by atoms with Gasteiger partial charge in [0.05, 0.1) is 47.8 Å². The molecule has 1 aliphatic heterocycles. The van der Waals surface area contributed by atoms with E-state index in [4.69, 9.17) is 18.6 Å². The molecule has 1 fully saturated rings. The van der Waals surface area contributed by atoms with E-state index in [0.717, 1.165) is 4.68 Å². The van der Waals surface area contributed by atoms with Gasteiger partial charge in [0, 0.05) is 24.7 Å². The van der Waals surface area contributed by atoms with Crippen molar-refractivity contribution in [3.8, 4) is 23.1 Å². The molecule has 0 saturated carbocycles. The van der Waals surface area contributed by atoms with Crippen molar-refractivity contribution < 1.29 is 28.3 Å². The van der Waals surface area contributed by atoms with Crippen LogP contribution in [-0.4, -0.2) is 71.6 Å². The molecular weight excluding hydrogens is 558 g/mol. The lowest BCUT2D eigenvalue weighted by atomic mass is 10.2. The number of carbonyl (C=O) groups excluding carboxylic acids is 1. The molecule has 218 valence electrons. The smallest absolute Gasteiger partial charge is 0.311 e. The molecule has 0 atom stereocenters. The molecule has 0 N–H and O–H groups in total. The van der Waals surface area contributed by atoms with Crippen molar-refractivity contribution >= 4 is 39.7 Å². The number of amides is 1. The Morgan fingerprint density at radius 1 is 1.09 bits per heavy atom. The molecular formula is C30H25N5O8. The van der Waals surface area contributed by atoms with Crippen LogP contribution in [0.5, 0.6) is 11.5 Å². The van der Waals surface area contributed by atoms with Crippen LogP contribution in [0.15, 0.2) is 81.0 Å². The number of furan rings is 1. The summed E-state index contributed by atoms with van der Waals surface area (Å²) in [5.41, 5.74) is 0.294. The van der Waals surface area contributed by atoms with E-state index < -0.39 is 17.1 Å². The summed E-state index contributed by atoms with van der Waals surface area (Å²) in [4.78, 5) is 43.9. The molecule has 3 aromatic carbocycles. The number of ether oxygens (including phenoxy) is 3. The number of methoxy groups -OCH3 is 1. The van der Waals surface area contributed by atoms with Crippen LogP contribution in [0.3, 0.4) is 0 Å². The van der Waals surface area contributed by atoms with Crippen LogP contribution >= 0.6 is 0 Å². The zero-order valence-electron chi connectivity index (χ0n) is 23.0. The highest BCUT2D eigenvalue weighted by molar-refractivity contribution is 5.89. The van der Waals surface area contributed by atoms with E-state index in [1.807, 2.05) is 0 Å². The third-order valence-corrected chi connectivity index (χ3v) is 6.95. The lowest BCUT2D eigenvalue weighted by Crippen LogP contribution is -2.43. The number of benzene rings is 3. The number of hydrogen-bond acceptors (Lipinski definition) is 10. The highest BCUT2D eigenvalue weighted by Crippen LogP contribution is 2.33. The van der Waals surface area contributed by atoms with Crippen LogP contribution in [0.4, 0.5) is 5.69 Å². The average Bonchev–Trinajstić information content (AvgIpc) is 3.48. The molecule has 1 saturated heterocycles. The zero-order valence-corrected chi connectivity index (χ0v) is 23.0. The number of rotatable bonds is 8. The van der Waals surface area contributed by atoms with Crippen molar-refractivity contribution in [2.45, 2.75) is 0 Å². The first-order valence-corrected chi connectivity index (χ1v) is 13.3. The van der Waals surface area contributed by atoms with E-state index in [1.165, 1.54) is 24.4 Å². The van der Waals surface area contributed by atoms with Gasteiger partial charge in [0.15, 0.2) is 12.4 Å². The van der Waals surface area contributed by atoms with Gasteiger partial charge in [-0.3, -0.25) is 19.7 Å². The molecule has 1 aliphatic rings. The summed E-state index contributed by atoms with van der Waals surface area (Å²) in [5.74, 6) is 0.451. The van der Waals surface area contributed by atoms with Gasteiger partial charge in [0.25, 0.3) is 11.5 Å². The number of morpholine rings is 1. The van der Waals surface area contributed by atoms with E-state index in [9.17, 15) is 19.7 Å². The number of nitro benzene ring substituents is 1. The van der Waals surface area contributed by atoms with Gasteiger partial charge >= 0.3 is 5.69 Å². The van der Waals surface area contributed by atoms with Gasteiger partial charge in [-0.1, -0.05) is 24.3 Å². The fraction of sp³-hybridized carbons (Fsp3) is 0.200. The Balaban J connectivity index is 1.43. The number of nitrogens with zero attached hydrogens (tertiary/aromatic N) is 5. The van der Waals surface area contributed by atoms with Crippen LogP contribution in [-0.2, 0) is 9.53 Å². The first kappa shape index (κ1) is 27.6. The summed E-state index contributed by atoms with van der Waals surface area (Å²) in [5, 5.41) is 17.2. The second-order valence-electron chi connectivity index (χ2n) is 9.53. The number of hydrogen-bond donors (Lipinski definition) is 0. The highest BCUT2D eigenvalue weighted by Gasteiger charge is 2.23. The second kappa shape index (κ2) is 11.7. The third-order valence-electron chi connectivity index (χ3n) is 6.95. The average molecular weight is 584 g/mol. The molecule has 6 rings (SSSR count). The number of fused-ring (bicyclic) bond motifs is 2. The van der Waals surface area contributed by atoms with Crippen LogP contribution in [0, 0.1) is 10.1 Å². The van der Waals surface area contributed by atoms with Crippen LogP contribution in [0.2, 0.25) is 0 Å². The number of para-hydroxylation sites is 2. The summed E-state index contributed by atoms with van der Waals surface area (Å²) in [7, 11) is 1.54. The van der Waals surface area contributed by atoms with Gasteiger partial charge < -0.3 is 23.5 Å². The maximum atomic E-state index is 13.7. The Bertz CT molecular complexity index is 1940. The Kier molecular flexibility index (Phi) is 7.54. The van der Waals surface area contributed by atoms with Gasteiger partial charge in [0.1, 0.15) is 11.3 Å². The molecule has 3 heterocycles. The van der Waals surface area contributed by atoms with Crippen molar-refractivity contribution in [2.24, 2.45) is 5.10 Å². The molecule has 0 spiro atoms. The summed E-state index contributed by atoms with van der Waals surface area (Å²) in [6, 6.07) is 18.1. The van der Waals surface area contributed by atoms with Gasteiger partial charge in [-0.25, -0.2) is 4.98 Å². The minimum absolute atomic E-state index is 0.105. The third kappa shape index (κ3) is 5.40. The standard InChI is InChI=1S/C30H25N5O8/c1-40-24-10-5-11-25-21(24)16-26(43-25)29-32-22-8-3-2-7-20(22)30(37)34(29)31-17-19-6-4-9-23(35(38)39)28(19)42-18-27(36)33-12-14-41-15-13-33/h2-11,16-17H,12-15,18H2,1H3. The first-order chi connectivity index (χ1) is 20.9. The largest absolute Gasteiger partial charge is 0.496 e. The van der Waals surface area contributed by atoms with Gasteiger partial charge in [-0.2, -0.15) is 9.78 Å². The van der Waals surface area contributed by atoms with Gasteiger partial charge in [-0.15, -0.1) is 0 Å². The SMILES string of the molecule is COc1cccc2oc(-c3nc4ccccc4c(=O)n3N=Cc3cccc([N+](=O)[O-])c3OCC(=O)N3CCOCC3)cc12. The van der Waals surface area contributed by atoms with E-state index in [1.54, 1.807) is 60.5 Å². The molecule has 43 heavy (non-hydrogen) atoms. The Morgan fingerprint density at radius 3 is 2.67 bits per heavy atom. The van der Waals surface area contributed by atoms with Crippen molar-refractivity contribution in [3.05, 3.63) is 92.8 Å². The lowest BCUT2D eigenvalue weighted by Gasteiger charge is -2.26. The van der Waals surface area contributed by atoms with E-state index >= 15 is 0 Å². The molecule has 13 heteroatoms. The maximum absolute atomic E-state index is 13.7. The van der Waals surface area contributed by atoms with Crippen molar-refractivity contribution in [1.82, 2.24) is 14.6 Å². The number of carbonyl (C=O) groups is 1. The summed E-state index contributed by atoms with van der Waals surface area (Å²) >= 11 is 0. The summed E-state index contributed by atoms with van der Waals surface area (Å²) in [6.07, 6.45) is 1.26. The molecule has 0 unspecified atom stereocenters. The Morgan fingerprint density at radius 2 is 1.88 bits per heavy atom. The molecule has 0 bridgehead atoms. The monoisotopic (exact) mass is 583 g/mol. The molecule has 5 aromatic rings. The van der Waals surface area contributed by atoms with E-state index in [0.29, 0.717) is 53.9 Å².